The summed E-state index contributed by atoms with van der Waals surface area (Å²) in [4.78, 5) is 0. The first-order valence-electron chi connectivity index (χ1n) is 4.57. The average Bonchev–Trinajstić information content (AvgIpc) is 2.87. The average molecular weight is 172 g/mol. The molecule has 0 aromatic heterocycles. The molecule has 0 aliphatic carbocycles. The fourth-order valence-electron chi connectivity index (χ4n) is 0.971. The predicted octanol–water partition coefficient (Wildman–Crippen LogP) is 0.733. The Morgan fingerprint density at radius 1 is 1.67 bits per heavy atom. The van der Waals surface area contributed by atoms with Gasteiger partial charge in [0.1, 0.15) is 6.10 Å². The van der Waals surface area contributed by atoms with E-state index in [2.05, 4.69) is 6.92 Å². The van der Waals surface area contributed by atoms with Crippen LogP contribution < -0.4 is 5.73 Å². The first-order valence-corrected chi connectivity index (χ1v) is 4.57. The highest BCUT2D eigenvalue weighted by Crippen LogP contribution is 2.08. The molecule has 0 amide bonds. The zero-order valence-electron chi connectivity index (χ0n) is 7.50. The van der Waals surface area contributed by atoms with Gasteiger partial charge in [-0.05, 0) is 19.3 Å². The van der Waals surface area contributed by atoms with Gasteiger partial charge in [0.25, 0.3) is 0 Å². The summed E-state index contributed by atoms with van der Waals surface area (Å²) >= 11 is 0. The Morgan fingerprint density at radius 3 is 3.00 bits per heavy atom. The van der Waals surface area contributed by atoms with E-state index in [9.17, 15) is 0 Å². The first-order chi connectivity index (χ1) is 5.83. The Morgan fingerprint density at radius 2 is 2.42 bits per heavy atom. The van der Waals surface area contributed by atoms with Crippen molar-refractivity contribution in [2.45, 2.75) is 31.4 Å². The molecular weight excluding hydrogens is 154 g/mol. The molecular formula is C9H18NO2. The third-order valence-electron chi connectivity index (χ3n) is 1.94. The van der Waals surface area contributed by atoms with Gasteiger partial charge in [-0.15, -0.1) is 0 Å². The highest BCUT2D eigenvalue weighted by Gasteiger charge is 2.21. The van der Waals surface area contributed by atoms with Gasteiger partial charge in [0.05, 0.1) is 13.2 Å². The van der Waals surface area contributed by atoms with Gasteiger partial charge in [0.15, 0.2) is 0 Å². The number of hydrogen-bond acceptors (Lipinski definition) is 3. The van der Waals surface area contributed by atoms with E-state index in [4.69, 9.17) is 15.2 Å². The molecule has 1 aliphatic heterocycles. The van der Waals surface area contributed by atoms with E-state index in [1.54, 1.807) is 0 Å². The number of nitrogens with two attached hydrogens (primary N) is 1. The third-order valence-corrected chi connectivity index (χ3v) is 1.94. The summed E-state index contributed by atoms with van der Waals surface area (Å²) in [7, 11) is 0. The van der Waals surface area contributed by atoms with Crippen molar-refractivity contribution in [2.75, 3.05) is 19.8 Å². The first kappa shape index (κ1) is 9.96. The van der Waals surface area contributed by atoms with E-state index in [0.29, 0.717) is 6.10 Å². The summed E-state index contributed by atoms with van der Waals surface area (Å²) in [5, 5.41) is 0. The van der Waals surface area contributed by atoms with Crippen LogP contribution in [0.3, 0.4) is 0 Å². The summed E-state index contributed by atoms with van der Waals surface area (Å²) in [6.07, 6.45) is 3.23. The summed E-state index contributed by atoms with van der Waals surface area (Å²) in [5.74, 6) is 0. The van der Waals surface area contributed by atoms with Crippen LogP contribution in [-0.4, -0.2) is 32.0 Å². The molecule has 1 saturated heterocycles. The van der Waals surface area contributed by atoms with Crippen LogP contribution in [0.2, 0.25) is 0 Å². The van der Waals surface area contributed by atoms with E-state index in [1.807, 2.05) is 0 Å². The maximum absolute atomic E-state index is 5.68. The minimum absolute atomic E-state index is 0.241. The largest absolute Gasteiger partial charge is 0.379 e. The van der Waals surface area contributed by atoms with Crippen molar-refractivity contribution >= 4 is 0 Å². The molecule has 0 aromatic carbocycles. The van der Waals surface area contributed by atoms with Crippen molar-refractivity contribution in [2.24, 2.45) is 5.73 Å². The van der Waals surface area contributed by atoms with Gasteiger partial charge in [-0.1, -0.05) is 6.92 Å². The Balaban J connectivity index is 1.75. The van der Waals surface area contributed by atoms with E-state index in [1.165, 1.54) is 0 Å². The minimum atomic E-state index is 0.241. The third kappa shape index (κ3) is 4.70. The molecule has 1 radical (unpaired) electrons. The molecule has 3 heteroatoms. The van der Waals surface area contributed by atoms with Crippen LogP contribution in [0.1, 0.15) is 19.3 Å². The van der Waals surface area contributed by atoms with E-state index in [0.717, 1.165) is 39.1 Å². The molecule has 2 atom stereocenters. The van der Waals surface area contributed by atoms with Gasteiger partial charge >= 0.3 is 0 Å². The van der Waals surface area contributed by atoms with Crippen LogP contribution in [0.5, 0.6) is 0 Å². The zero-order valence-corrected chi connectivity index (χ0v) is 7.50. The number of hydrogen-bond donors (Lipinski definition) is 1. The van der Waals surface area contributed by atoms with Crippen molar-refractivity contribution in [3.8, 4) is 0 Å². The number of epoxide rings is 1. The Bertz CT molecular complexity index is 115. The molecule has 1 rings (SSSR count). The monoisotopic (exact) mass is 172 g/mol. The SMILES string of the molecule is [CH2]CC(N)CCCOCC1CO1. The standard InChI is InChI=1S/C9H18NO2/c1-2-8(10)4-3-5-11-6-9-7-12-9/h8-9H,1-7,10H2. The molecule has 0 saturated carbocycles. The maximum atomic E-state index is 5.68. The molecule has 71 valence electrons. The molecule has 3 nitrogen and oxygen atoms in total. The lowest BCUT2D eigenvalue weighted by atomic mass is 10.1. The lowest BCUT2D eigenvalue weighted by Crippen LogP contribution is -2.19. The predicted molar refractivity (Wildman–Crippen MR) is 47.7 cm³/mol. The summed E-state index contributed by atoms with van der Waals surface area (Å²) in [5.41, 5.74) is 5.68. The van der Waals surface area contributed by atoms with Crippen molar-refractivity contribution in [3.63, 3.8) is 0 Å². The lowest BCUT2D eigenvalue weighted by molar-refractivity contribution is 0.112. The van der Waals surface area contributed by atoms with Crippen LogP contribution in [0.4, 0.5) is 0 Å². The van der Waals surface area contributed by atoms with Crippen LogP contribution in [0, 0.1) is 6.92 Å². The van der Waals surface area contributed by atoms with Crippen molar-refractivity contribution < 1.29 is 9.47 Å². The van der Waals surface area contributed by atoms with Crippen molar-refractivity contribution in [1.82, 2.24) is 0 Å². The lowest BCUT2D eigenvalue weighted by Gasteiger charge is -2.07. The topological polar surface area (TPSA) is 47.8 Å². The Kier molecular flexibility index (Phi) is 4.58. The van der Waals surface area contributed by atoms with Crippen molar-refractivity contribution in [3.05, 3.63) is 6.92 Å². The maximum Gasteiger partial charge on any atom is 0.104 e. The zero-order chi connectivity index (χ0) is 8.81. The van der Waals surface area contributed by atoms with E-state index >= 15 is 0 Å². The quantitative estimate of drug-likeness (QED) is 0.455. The van der Waals surface area contributed by atoms with Gasteiger partial charge in [0, 0.05) is 12.6 Å². The highest BCUT2D eigenvalue weighted by atomic mass is 16.6. The molecule has 2 N–H and O–H groups in total. The number of rotatable bonds is 7. The molecule has 1 fully saturated rings. The summed E-state index contributed by atoms with van der Waals surface area (Å²) in [6, 6.07) is 0.241. The fraction of sp³-hybridized carbons (Fsp3) is 0.889. The van der Waals surface area contributed by atoms with Gasteiger partial charge in [-0.25, -0.2) is 0 Å². The van der Waals surface area contributed by atoms with E-state index < -0.39 is 0 Å². The van der Waals surface area contributed by atoms with Gasteiger partial charge in [0.2, 0.25) is 0 Å². The Hall–Kier alpha value is -0.120. The van der Waals surface area contributed by atoms with Gasteiger partial charge in [-0.2, -0.15) is 0 Å². The minimum Gasteiger partial charge on any atom is -0.379 e. The Labute approximate surface area is 74.2 Å². The van der Waals surface area contributed by atoms with Crippen LogP contribution in [0.15, 0.2) is 0 Å². The molecule has 0 spiro atoms. The van der Waals surface area contributed by atoms with Crippen LogP contribution in [0.25, 0.3) is 0 Å². The second-order valence-corrected chi connectivity index (χ2v) is 3.22. The normalized spacial score (nSPS) is 24.0. The van der Waals surface area contributed by atoms with Crippen LogP contribution >= 0.6 is 0 Å². The second kappa shape index (κ2) is 5.51. The van der Waals surface area contributed by atoms with Crippen LogP contribution in [-0.2, 0) is 9.47 Å². The second-order valence-electron chi connectivity index (χ2n) is 3.22. The summed E-state index contributed by atoms with van der Waals surface area (Å²) < 4.78 is 10.3. The summed E-state index contributed by atoms with van der Waals surface area (Å²) in [6.45, 7) is 6.16. The van der Waals surface area contributed by atoms with E-state index in [-0.39, 0.29) is 6.04 Å². The highest BCUT2D eigenvalue weighted by molar-refractivity contribution is 4.67. The van der Waals surface area contributed by atoms with Crippen molar-refractivity contribution in [1.29, 1.82) is 0 Å². The molecule has 0 bridgehead atoms. The molecule has 12 heavy (non-hydrogen) atoms. The number of ether oxygens (including phenoxy) is 2. The molecule has 1 heterocycles. The molecule has 0 aromatic rings. The fourth-order valence-corrected chi connectivity index (χ4v) is 0.971. The molecule has 2 unspecified atom stereocenters. The van der Waals surface area contributed by atoms with Gasteiger partial charge < -0.3 is 15.2 Å². The molecule has 1 aliphatic rings. The van der Waals surface area contributed by atoms with Gasteiger partial charge in [-0.3, -0.25) is 0 Å². The smallest absolute Gasteiger partial charge is 0.104 e.